The quantitative estimate of drug-likeness (QED) is 0.768. The van der Waals surface area contributed by atoms with E-state index in [1.807, 2.05) is 13.8 Å². The van der Waals surface area contributed by atoms with Gasteiger partial charge in [0.15, 0.2) is 0 Å². The normalized spacial score (nSPS) is 12.2. The lowest BCUT2D eigenvalue weighted by Crippen LogP contribution is -2.32. The van der Waals surface area contributed by atoms with Crippen molar-refractivity contribution in [3.63, 3.8) is 0 Å². The number of rotatable bonds is 5. The van der Waals surface area contributed by atoms with Crippen molar-refractivity contribution in [2.45, 2.75) is 20.0 Å². The van der Waals surface area contributed by atoms with Gasteiger partial charge in [0.2, 0.25) is 0 Å². The molecule has 4 nitrogen and oxygen atoms in total. The van der Waals surface area contributed by atoms with E-state index in [9.17, 15) is 9.18 Å². The van der Waals surface area contributed by atoms with E-state index >= 15 is 0 Å². The van der Waals surface area contributed by atoms with Crippen molar-refractivity contribution in [1.29, 1.82) is 0 Å². The zero-order chi connectivity index (χ0) is 12.8. The third-order valence-electron chi connectivity index (χ3n) is 2.26. The van der Waals surface area contributed by atoms with Crippen LogP contribution in [0.5, 0.6) is 0 Å². The van der Waals surface area contributed by atoms with Crippen LogP contribution < -0.4 is 11.1 Å². The van der Waals surface area contributed by atoms with Crippen molar-refractivity contribution in [3.8, 4) is 0 Å². The minimum Gasteiger partial charge on any atom is -0.398 e. The fourth-order valence-corrected chi connectivity index (χ4v) is 1.42. The van der Waals surface area contributed by atoms with E-state index in [2.05, 4.69) is 5.32 Å². The van der Waals surface area contributed by atoms with Crippen LogP contribution >= 0.6 is 0 Å². The van der Waals surface area contributed by atoms with Crippen LogP contribution in [-0.4, -0.2) is 25.2 Å². The summed E-state index contributed by atoms with van der Waals surface area (Å²) in [5, 5.41) is 2.68. The predicted octanol–water partition coefficient (Wildman–Crippen LogP) is 1.56. The highest BCUT2D eigenvalue weighted by atomic mass is 19.1. The fourth-order valence-electron chi connectivity index (χ4n) is 1.42. The first-order valence-electron chi connectivity index (χ1n) is 5.49. The lowest BCUT2D eigenvalue weighted by Gasteiger charge is -2.13. The van der Waals surface area contributed by atoms with Gasteiger partial charge in [-0.15, -0.1) is 0 Å². The van der Waals surface area contributed by atoms with E-state index in [1.54, 1.807) is 0 Å². The average molecular weight is 240 g/mol. The monoisotopic (exact) mass is 240 g/mol. The molecule has 94 valence electrons. The maximum absolute atomic E-state index is 12.8. The predicted molar refractivity (Wildman–Crippen MR) is 64.2 cm³/mol. The molecule has 0 bridgehead atoms. The van der Waals surface area contributed by atoms with Gasteiger partial charge in [-0.1, -0.05) is 0 Å². The highest BCUT2D eigenvalue weighted by Gasteiger charge is 2.11. The number of nitrogens with one attached hydrogen (secondary N) is 1. The van der Waals surface area contributed by atoms with Crippen LogP contribution in [0.1, 0.15) is 24.2 Å². The molecule has 0 radical (unpaired) electrons. The molecule has 5 heteroatoms. The number of benzene rings is 1. The van der Waals surface area contributed by atoms with Crippen LogP contribution in [0.15, 0.2) is 18.2 Å². The van der Waals surface area contributed by atoms with Crippen LogP contribution in [0.2, 0.25) is 0 Å². The summed E-state index contributed by atoms with van der Waals surface area (Å²) in [5.74, 6) is -0.782. The third-order valence-corrected chi connectivity index (χ3v) is 2.26. The highest BCUT2D eigenvalue weighted by molar-refractivity contribution is 5.99. The second-order valence-corrected chi connectivity index (χ2v) is 3.71. The average Bonchev–Trinajstić information content (AvgIpc) is 2.26. The summed E-state index contributed by atoms with van der Waals surface area (Å²) in [7, 11) is 0. The van der Waals surface area contributed by atoms with Gasteiger partial charge >= 0.3 is 0 Å². The van der Waals surface area contributed by atoms with Crippen LogP contribution in [-0.2, 0) is 4.74 Å². The Morgan fingerprint density at radius 3 is 2.88 bits per heavy atom. The van der Waals surface area contributed by atoms with E-state index in [0.29, 0.717) is 13.2 Å². The topological polar surface area (TPSA) is 64.3 Å². The molecule has 0 aromatic heterocycles. The smallest absolute Gasteiger partial charge is 0.253 e. The van der Waals surface area contributed by atoms with Crippen molar-refractivity contribution in [2.24, 2.45) is 0 Å². The number of nitrogens with two attached hydrogens (primary N) is 1. The maximum Gasteiger partial charge on any atom is 0.253 e. The van der Waals surface area contributed by atoms with E-state index in [0.717, 1.165) is 6.07 Å². The Morgan fingerprint density at radius 2 is 2.29 bits per heavy atom. The Labute approximate surface area is 100.0 Å². The summed E-state index contributed by atoms with van der Waals surface area (Å²) in [5.41, 5.74) is 5.96. The lowest BCUT2D eigenvalue weighted by molar-refractivity contribution is 0.0695. The van der Waals surface area contributed by atoms with Gasteiger partial charge < -0.3 is 15.8 Å². The number of carbonyl (C=O) groups is 1. The Morgan fingerprint density at radius 1 is 1.59 bits per heavy atom. The van der Waals surface area contributed by atoms with Crippen molar-refractivity contribution in [3.05, 3.63) is 29.6 Å². The number of carbonyl (C=O) groups excluding carboxylic acids is 1. The molecule has 3 N–H and O–H groups in total. The first-order valence-corrected chi connectivity index (χ1v) is 5.49. The molecule has 0 saturated heterocycles. The Bertz CT molecular complexity index is 396. The van der Waals surface area contributed by atoms with Crippen molar-refractivity contribution >= 4 is 11.6 Å². The van der Waals surface area contributed by atoms with Crippen molar-refractivity contribution < 1.29 is 13.9 Å². The molecule has 1 aromatic rings. The molecule has 0 heterocycles. The molecule has 0 fully saturated rings. The van der Waals surface area contributed by atoms with Gasteiger partial charge in [0, 0.05) is 18.8 Å². The van der Waals surface area contributed by atoms with Gasteiger partial charge in [0.05, 0.1) is 11.7 Å². The van der Waals surface area contributed by atoms with Crippen LogP contribution in [0.3, 0.4) is 0 Å². The molecule has 0 aliphatic heterocycles. The van der Waals surface area contributed by atoms with E-state index in [-0.39, 0.29) is 23.3 Å². The molecule has 1 atom stereocenters. The van der Waals surface area contributed by atoms with Gasteiger partial charge in [-0.2, -0.15) is 0 Å². The number of hydrogen-bond donors (Lipinski definition) is 2. The summed E-state index contributed by atoms with van der Waals surface area (Å²) < 4.78 is 18.1. The molecule has 17 heavy (non-hydrogen) atoms. The van der Waals surface area contributed by atoms with E-state index in [4.69, 9.17) is 10.5 Å². The molecule has 0 spiro atoms. The summed E-state index contributed by atoms with van der Waals surface area (Å²) in [6, 6.07) is 3.70. The van der Waals surface area contributed by atoms with Crippen molar-refractivity contribution in [2.75, 3.05) is 18.9 Å². The fraction of sp³-hybridized carbons (Fsp3) is 0.417. The Balaban J connectivity index is 2.58. The van der Waals surface area contributed by atoms with Gasteiger partial charge in [0.1, 0.15) is 5.82 Å². The van der Waals surface area contributed by atoms with Crippen LogP contribution in [0.25, 0.3) is 0 Å². The van der Waals surface area contributed by atoms with Gasteiger partial charge in [-0.05, 0) is 32.0 Å². The number of ether oxygens (including phenoxy) is 1. The van der Waals surface area contributed by atoms with Crippen molar-refractivity contribution in [1.82, 2.24) is 5.32 Å². The van der Waals surface area contributed by atoms with E-state index < -0.39 is 5.82 Å². The number of nitrogen functional groups attached to an aromatic ring is 1. The molecule has 0 saturated carbocycles. The molecule has 1 unspecified atom stereocenters. The van der Waals surface area contributed by atoms with Crippen LogP contribution in [0.4, 0.5) is 10.1 Å². The van der Waals surface area contributed by atoms with E-state index in [1.165, 1.54) is 12.1 Å². The molecule has 0 aliphatic rings. The van der Waals surface area contributed by atoms with Gasteiger partial charge in [-0.3, -0.25) is 4.79 Å². The molecular formula is C12H17FN2O2. The molecule has 1 aromatic carbocycles. The number of halogens is 1. The number of amides is 1. The maximum atomic E-state index is 12.8. The number of anilines is 1. The van der Waals surface area contributed by atoms with Gasteiger partial charge in [-0.25, -0.2) is 4.39 Å². The van der Waals surface area contributed by atoms with Crippen LogP contribution in [0, 0.1) is 5.82 Å². The Hall–Kier alpha value is -1.62. The minimum atomic E-state index is -0.457. The molecular weight excluding hydrogens is 223 g/mol. The summed E-state index contributed by atoms with van der Waals surface area (Å²) in [6.45, 7) is 4.73. The first kappa shape index (κ1) is 13.4. The molecule has 1 amide bonds. The zero-order valence-electron chi connectivity index (χ0n) is 10.00. The SMILES string of the molecule is CCOC(C)CNC(=O)c1ccc(F)cc1N. The van der Waals surface area contributed by atoms with Gasteiger partial charge in [0.25, 0.3) is 5.91 Å². The summed E-state index contributed by atoms with van der Waals surface area (Å²) >= 11 is 0. The summed E-state index contributed by atoms with van der Waals surface area (Å²) in [6.07, 6.45) is -0.0642. The second kappa shape index (κ2) is 6.20. The largest absolute Gasteiger partial charge is 0.398 e. The summed E-state index contributed by atoms with van der Waals surface area (Å²) in [4.78, 5) is 11.7. The standard InChI is InChI=1S/C12H17FN2O2/c1-3-17-8(2)7-15-12(16)10-5-4-9(13)6-11(10)14/h4-6,8H,3,7,14H2,1-2H3,(H,15,16). The number of hydrogen-bond acceptors (Lipinski definition) is 3. The third kappa shape index (κ3) is 4.03. The first-order chi connectivity index (χ1) is 8.04. The lowest BCUT2D eigenvalue weighted by atomic mass is 10.1. The minimum absolute atomic E-state index is 0.0642. The molecule has 1 rings (SSSR count). The second-order valence-electron chi connectivity index (χ2n) is 3.71. The zero-order valence-corrected chi connectivity index (χ0v) is 10.00. The Kier molecular flexibility index (Phi) is 4.90. The highest BCUT2D eigenvalue weighted by Crippen LogP contribution is 2.13. The molecule has 0 aliphatic carbocycles.